The first-order valence-electron chi connectivity index (χ1n) is 13.2. The highest BCUT2D eigenvalue weighted by Gasteiger charge is 2.40. The number of benzene rings is 1. The third kappa shape index (κ3) is 10.2. The summed E-state index contributed by atoms with van der Waals surface area (Å²) in [6.07, 6.45) is 4.09. The van der Waals surface area contributed by atoms with E-state index in [0.29, 0.717) is 54.0 Å². The Morgan fingerprint density at radius 3 is 2.59 bits per heavy atom. The Bertz CT molecular complexity index is 1070. The molecule has 0 radical (unpaired) electrons. The van der Waals surface area contributed by atoms with Gasteiger partial charge in [-0.3, -0.25) is 14.4 Å². The molecule has 1 heterocycles. The van der Waals surface area contributed by atoms with E-state index in [1.54, 1.807) is 6.08 Å². The van der Waals surface area contributed by atoms with Crippen LogP contribution in [0.3, 0.4) is 0 Å². The monoisotopic (exact) mass is 598 g/mol. The van der Waals surface area contributed by atoms with E-state index in [1.165, 1.54) is 10.6 Å². The van der Waals surface area contributed by atoms with Gasteiger partial charge in [0, 0.05) is 28.6 Å². The van der Waals surface area contributed by atoms with Crippen molar-refractivity contribution in [2.24, 2.45) is 16.5 Å². The van der Waals surface area contributed by atoms with Gasteiger partial charge in [-0.25, -0.2) is 5.06 Å². The molecule has 39 heavy (non-hydrogen) atoms. The van der Waals surface area contributed by atoms with E-state index in [9.17, 15) is 14.7 Å². The van der Waals surface area contributed by atoms with Crippen molar-refractivity contribution in [3.8, 4) is 0 Å². The van der Waals surface area contributed by atoms with Crippen LogP contribution in [-0.2, 0) is 25.8 Å². The number of amides is 1. The summed E-state index contributed by atoms with van der Waals surface area (Å²) in [5.41, 5.74) is 2.67. The van der Waals surface area contributed by atoms with Crippen LogP contribution >= 0.6 is 35.0 Å². The number of aliphatic hydroxyl groups excluding tert-OH is 1. The van der Waals surface area contributed by atoms with Crippen molar-refractivity contribution in [2.45, 2.75) is 72.1 Å². The summed E-state index contributed by atoms with van der Waals surface area (Å²) in [6, 6.07) is 7.46. The molecular formula is C29H40Cl2N2O5S. The van der Waals surface area contributed by atoms with Gasteiger partial charge in [-0.05, 0) is 56.1 Å². The molecule has 1 saturated heterocycles. The number of ketones is 1. The van der Waals surface area contributed by atoms with Crippen LogP contribution in [0.2, 0.25) is 5.02 Å². The molecule has 1 aliphatic heterocycles. The lowest BCUT2D eigenvalue weighted by Gasteiger charge is -2.25. The van der Waals surface area contributed by atoms with Crippen molar-refractivity contribution in [3.63, 3.8) is 0 Å². The minimum absolute atomic E-state index is 0.00687. The van der Waals surface area contributed by atoms with E-state index < -0.39 is 5.41 Å². The minimum atomic E-state index is -0.429. The lowest BCUT2D eigenvalue weighted by atomic mass is 9.82. The van der Waals surface area contributed by atoms with Gasteiger partial charge in [0.2, 0.25) is 0 Å². The third-order valence-corrected chi connectivity index (χ3v) is 8.00. The molecule has 1 aromatic carbocycles. The number of carbonyl (C=O) groups is 2. The molecule has 0 aromatic heterocycles. The smallest absolute Gasteiger partial charge is 0.254 e. The van der Waals surface area contributed by atoms with Gasteiger partial charge in [-0.2, -0.15) is 11.8 Å². The number of thioether (sulfide) groups is 1. The molecular weight excluding hydrogens is 559 g/mol. The number of hydroxylamine groups is 2. The highest BCUT2D eigenvalue weighted by Crippen LogP contribution is 2.33. The van der Waals surface area contributed by atoms with E-state index in [0.717, 1.165) is 17.7 Å². The van der Waals surface area contributed by atoms with E-state index in [4.69, 9.17) is 32.9 Å². The molecule has 216 valence electrons. The standard InChI is InChI=1S/C17H26ClNO3S.C12H14ClNO2/c1-4-14(19-22-8-6-7-18)17-15(20)10-13(11-16(17)21)9-12(3)23-5-2;1-12(2)8-16-14(11(12)15)7-9-5-3-4-6-10(9)13/h6-7,12-13,20H,4-5,8-11H2,1-3H3;3-6H,7-8H2,1-2H3/b7-6+,19-14+;. The average Bonchev–Trinajstić information content (AvgIpc) is 3.13. The van der Waals surface area contributed by atoms with E-state index >= 15 is 0 Å². The molecule has 1 N–H and O–H groups in total. The predicted octanol–water partition coefficient (Wildman–Crippen LogP) is 7.48. The van der Waals surface area contributed by atoms with Crippen LogP contribution in [0.4, 0.5) is 0 Å². The number of carbonyl (C=O) groups excluding carboxylic acids is 2. The van der Waals surface area contributed by atoms with Crippen molar-refractivity contribution in [3.05, 3.63) is 57.8 Å². The summed E-state index contributed by atoms with van der Waals surface area (Å²) in [4.78, 5) is 34.8. The van der Waals surface area contributed by atoms with Crippen LogP contribution < -0.4 is 0 Å². The molecule has 10 heteroatoms. The number of hydrogen-bond donors (Lipinski definition) is 1. The Balaban J connectivity index is 0.000000290. The number of aliphatic hydroxyl groups is 1. The third-order valence-electron chi connectivity index (χ3n) is 6.36. The van der Waals surface area contributed by atoms with E-state index in [-0.39, 0.29) is 30.0 Å². The molecule has 0 saturated carbocycles. The SMILES string of the molecule is CC1(C)CON(Cc2ccccc2Cl)C1=O.CCSC(C)CC1CC(=O)C(/C(CC)=N/OC/C=C/Cl)=C(O)C1. The second-order valence-electron chi connectivity index (χ2n) is 10.2. The van der Waals surface area contributed by atoms with Crippen LogP contribution in [0.1, 0.15) is 65.9 Å². The molecule has 2 aliphatic rings. The topological polar surface area (TPSA) is 88.4 Å². The second-order valence-corrected chi connectivity index (χ2v) is 12.5. The Morgan fingerprint density at radius 2 is 2.03 bits per heavy atom. The predicted molar refractivity (Wildman–Crippen MR) is 160 cm³/mol. The number of rotatable bonds is 11. The molecule has 0 spiro atoms. The largest absolute Gasteiger partial charge is 0.511 e. The fraction of sp³-hybridized carbons (Fsp3) is 0.552. The zero-order valence-corrected chi connectivity index (χ0v) is 25.7. The highest BCUT2D eigenvalue weighted by molar-refractivity contribution is 7.99. The fourth-order valence-corrected chi connectivity index (χ4v) is 5.61. The number of Topliss-reactive ketones (excluding diaryl/α,β-unsaturated/α-hetero) is 1. The Kier molecular flexibility index (Phi) is 13.9. The molecule has 2 unspecified atom stereocenters. The highest BCUT2D eigenvalue weighted by atomic mass is 35.5. The van der Waals surface area contributed by atoms with Gasteiger partial charge in [0.1, 0.15) is 12.4 Å². The number of halogens is 2. The maximum absolute atomic E-state index is 12.4. The van der Waals surface area contributed by atoms with Gasteiger partial charge >= 0.3 is 0 Å². The van der Waals surface area contributed by atoms with Gasteiger partial charge in [-0.1, -0.05) is 67.3 Å². The van der Waals surface area contributed by atoms with Crippen LogP contribution in [0.25, 0.3) is 0 Å². The summed E-state index contributed by atoms with van der Waals surface area (Å²) in [5, 5.41) is 16.9. The first-order chi connectivity index (χ1) is 18.5. The van der Waals surface area contributed by atoms with Crippen LogP contribution in [0.5, 0.6) is 0 Å². The second kappa shape index (κ2) is 16.3. The van der Waals surface area contributed by atoms with E-state index in [1.807, 2.05) is 56.8 Å². The number of allylic oxidation sites excluding steroid dienone is 2. The summed E-state index contributed by atoms with van der Waals surface area (Å²) in [6.45, 7) is 11.0. The van der Waals surface area contributed by atoms with Crippen molar-refractivity contribution in [2.75, 3.05) is 19.0 Å². The Labute approximate surface area is 246 Å². The minimum Gasteiger partial charge on any atom is -0.511 e. The van der Waals surface area contributed by atoms with Crippen molar-refractivity contribution in [1.29, 1.82) is 0 Å². The lowest BCUT2D eigenvalue weighted by Crippen LogP contribution is -2.30. The van der Waals surface area contributed by atoms with Gasteiger partial charge in [-0.15, -0.1) is 0 Å². The maximum Gasteiger partial charge on any atom is 0.254 e. The number of nitrogens with zero attached hydrogens (tertiary/aromatic N) is 2. The van der Waals surface area contributed by atoms with Crippen molar-refractivity contribution < 1.29 is 24.4 Å². The van der Waals surface area contributed by atoms with Crippen LogP contribution in [-0.4, -0.2) is 51.8 Å². The van der Waals surface area contributed by atoms with Gasteiger partial charge in [0.25, 0.3) is 5.91 Å². The van der Waals surface area contributed by atoms with Crippen LogP contribution in [0, 0.1) is 11.3 Å². The lowest BCUT2D eigenvalue weighted by molar-refractivity contribution is -0.165. The summed E-state index contributed by atoms with van der Waals surface area (Å²) < 4.78 is 0. The molecule has 7 nitrogen and oxygen atoms in total. The zero-order chi connectivity index (χ0) is 29.0. The van der Waals surface area contributed by atoms with E-state index in [2.05, 4.69) is 19.0 Å². The first-order valence-corrected chi connectivity index (χ1v) is 15.1. The zero-order valence-electron chi connectivity index (χ0n) is 23.4. The van der Waals surface area contributed by atoms with Gasteiger partial charge in [0.05, 0.1) is 29.9 Å². The fourth-order valence-electron chi connectivity index (χ4n) is 4.37. The Morgan fingerprint density at radius 1 is 1.31 bits per heavy atom. The number of oxime groups is 1. The Hall–Kier alpha value is -2.00. The number of hydrogen-bond acceptors (Lipinski definition) is 7. The van der Waals surface area contributed by atoms with Gasteiger partial charge in [0.15, 0.2) is 5.78 Å². The molecule has 2 atom stereocenters. The summed E-state index contributed by atoms with van der Waals surface area (Å²) in [5.74, 6) is 1.39. The first kappa shape index (κ1) is 33.2. The van der Waals surface area contributed by atoms with Gasteiger partial charge < -0.3 is 9.94 Å². The normalized spacial score (nSPS) is 20.3. The van der Waals surface area contributed by atoms with Crippen LogP contribution in [0.15, 0.2) is 52.4 Å². The molecule has 3 rings (SSSR count). The van der Waals surface area contributed by atoms with Crippen molar-refractivity contribution in [1.82, 2.24) is 5.06 Å². The molecule has 1 fully saturated rings. The maximum atomic E-state index is 12.4. The van der Waals surface area contributed by atoms with Crippen molar-refractivity contribution >= 4 is 52.4 Å². The summed E-state index contributed by atoms with van der Waals surface area (Å²) in [7, 11) is 0. The molecule has 1 amide bonds. The average molecular weight is 600 g/mol. The quantitative estimate of drug-likeness (QED) is 0.161. The molecule has 0 bridgehead atoms. The summed E-state index contributed by atoms with van der Waals surface area (Å²) >= 11 is 13.3. The molecule has 1 aliphatic carbocycles. The molecule has 1 aromatic rings.